The first-order valence-electron chi connectivity index (χ1n) is 7.64. The number of ether oxygens (including phenoxy) is 1. The Morgan fingerprint density at radius 2 is 1.93 bits per heavy atom. The Labute approximate surface area is 156 Å². The third-order valence-electron chi connectivity index (χ3n) is 3.48. The van der Waals surface area contributed by atoms with E-state index < -0.39 is 22.9 Å². The van der Waals surface area contributed by atoms with E-state index in [9.17, 15) is 28.1 Å². The van der Waals surface area contributed by atoms with Gasteiger partial charge in [-0.15, -0.1) is 13.2 Å². The van der Waals surface area contributed by atoms with Gasteiger partial charge in [0.1, 0.15) is 11.8 Å². The van der Waals surface area contributed by atoms with Crippen LogP contribution in [-0.2, 0) is 4.79 Å². The van der Waals surface area contributed by atoms with Crippen molar-refractivity contribution in [2.24, 2.45) is 0 Å². The van der Waals surface area contributed by atoms with Gasteiger partial charge < -0.3 is 15.0 Å². The Morgan fingerprint density at radius 1 is 1.29 bits per heavy atom. The van der Waals surface area contributed by atoms with Crippen LogP contribution >= 0.6 is 0 Å². The summed E-state index contributed by atoms with van der Waals surface area (Å²) in [5.74, 6) is -0.929. The van der Waals surface area contributed by atoms with Crippen molar-refractivity contribution in [1.29, 1.82) is 5.26 Å². The molecule has 0 aliphatic heterocycles. The van der Waals surface area contributed by atoms with E-state index in [-0.39, 0.29) is 23.5 Å². The van der Waals surface area contributed by atoms with Crippen LogP contribution in [0.25, 0.3) is 0 Å². The van der Waals surface area contributed by atoms with Gasteiger partial charge in [0, 0.05) is 24.9 Å². The molecule has 0 saturated heterocycles. The molecular formula is C17H13F3N4O4. The van der Waals surface area contributed by atoms with Gasteiger partial charge in [-0.1, -0.05) is 0 Å². The average Bonchev–Trinajstić information content (AvgIpc) is 2.61. The van der Waals surface area contributed by atoms with Crippen LogP contribution in [0.2, 0.25) is 0 Å². The number of alkyl halides is 3. The fourth-order valence-corrected chi connectivity index (χ4v) is 2.30. The number of nitriles is 1. The lowest BCUT2D eigenvalue weighted by molar-refractivity contribution is -0.384. The number of likely N-dealkylation sites (N-methyl/N-ethyl adjacent to an activating group) is 1. The molecule has 2 rings (SSSR count). The molecule has 0 unspecified atom stereocenters. The smallest absolute Gasteiger partial charge is 0.406 e. The fraction of sp³-hybridized carbons (Fsp3) is 0.176. The van der Waals surface area contributed by atoms with Gasteiger partial charge in [0.15, 0.2) is 0 Å². The summed E-state index contributed by atoms with van der Waals surface area (Å²) in [5.41, 5.74) is 0.340. The number of rotatable bonds is 6. The number of carbonyl (C=O) groups is 1. The van der Waals surface area contributed by atoms with Crippen molar-refractivity contribution in [2.75, 3.05) is 23.8 Å². The number of hydrogen-bond acceptors (Lipinski definition) is 6. The predicted octanol–water partition coefficient (Wildman–Crippen LogP) is 3.44. The molecule has 0 aliphatic rings. The monoisotopic (exact) mass is 394 g/mol. The van der Waals surface area contributed by atoms with Crippen LogP contribution in [0.5, 0.6) is 5.75 Å². The molecule has 8 nitrogen and oxygen atoms in total. The molecule has 11 heteroatoms. The topological polar surface area (TPSA) is 108 Å². The third-order valence-corrected chi connectivity index (χ3v) is 3.48. The van der Waals surface area contributed by atoms with Gasteiger partial charge in [-0.2, -0.15) is 5.26 Å². The zero-order valence-electron chi connectivity index (χ0n) is 14.4. The van der Waals surface area contributed by atoms with Gasteiger partial charge >= 0.3 is 6.36 Å². The molecule has 0 heterocycles. The van der Waals surface area contributed by atoms with Crippen molar-refractivity contribution in [3.63, 3.8) is 0 Å². The molecule has 2 aromatic rings. The van der Waals surface area contributed by atoms with Crippen LogP contribution in [-0.4, -0.2) is 30.8 Å². The van der Waals surface area contributed by atoms with Gasteiger partial charge in [-0.05, 0) is 30.3 Å². The summed E-state index contributed by atoms with van der Waals surface area (Å²) in [6.07, 6.45) is -4.81. The highest BCUT2D eigenvalue weighted by atomic mass is 19.4. The zero-order valence-corrected chi connectivity index (χ0v) is 14.4. The standard InChI is InChI=1S/C17H13F3N4O4/c1-23(15-7-4-13(24(26)27)8-11(15)9-21)10-16(25)22-12-2-5-14(6-3-12)28-17(18,19)20/h2-8H,10H2,1H3,(H,22,25). The van der Waals surface area contributed by atoms with E-state index in [1.807, 2.05) is 6.07 Å². The van der Waals surface area contributed by atoms with E-state index in [2.05, 4.69) is 10.1 Å². The van der Waals surface area contributed by atoms with Gasteiger partial charge in [-0.3, -0.25) is 14.9 Å². The highest BCUT2D eigenvalue weighted by Gasteiger charge is 2.31. The highest BCUT2D eigenvalue weighted by molar-refractivity contribution is 5.94. The van der Waals surface area contributed by atoms with Gasteiger partial charge in [-0.25, -0.2) is 0 Å². The Morgan fingerprint density at radius 3 is 2.46 bits per heavy atom. The van der Waals surface area contributed by atoms with Crippen molar-refractivity contribution in [3.8, 4) is 11.8 Å². The molecule has 0 saturated carbocycles. The first-order chi connectivity index (χ1) is 13.1. The van der Waals surface area contributed by atoms with Crippen LogP contribution in [0.3, 0.4) is 0 Å². The third kappa shape index (κ3) is 5.60. The molecule has 1 N–H and O–H groups in total. The number of non-ortho nitro benzene ring substituents is 1. The maximum absolute atomic E-state index is 12.1. The second-order valence-corrected chi connectivity index (χ2v) is 5.55. The Hall–Kier alpha value is -3.81. The summed E-state index contributed by atoms with van der Waals surface area (Å²) >= 11 is 0. The maximum Gasteiger partial charge on any atom is 0.573 e. The zero-order chi connectivity index (χ0) is 20.9. The molecule has 0 spiro atoms. The van der Waals surface area contributed by atoms with Crippen LogP contribution < -0.4 is 15.0 Å². The number of nitrogens with one attached hydrogen (secondary N) is 1. The number of nitrogens with zero attached hydrogens (tertiary/aromatic N) is 3. The average molecular weight is 394 g/mol. The van der Waals surface area contributed by atoms with Crippen molar-refractivity contribution in [1.82, 2.24) is 0 Å². The molecule has 0 aromatic heterocycles. The number of amides is 1. The number of anilines is 2. The van der Waals surface area contributed by atoms with E-state index in [0.717, 1.165) is 18.2 Å². The molecule has 0 radical (unpaired) electrons. The minimum Gasteiger partial charge on any atom is -0.406 e. The normalized spacial score (nSPS) is 10.7. The summed E-state index contributed by atoms with van der Waals surface area (Å²) in [6.45, 7) is -0.201. The van der Waals surface area contributed by atoms with Crippen molar-refractivity contribution < 1.29 is 27.6 Å². The molecule has 28 heavy (non-hydrogen) atoms. The van der Waals surface area contributed by atoms with E-state index in [0.29, 0.717) is 5.69 Å². The number of halogens is 3. The quantitative estimate of drug-likeness (QED) is 0.594. The number of carbonyl (C=O) groups excluding carboxylic acids is 1. The summed E-state index contributed by atoms with van der Waals surface area (Å²) in [5, 5.41) is 22.4. The van der Waals surface area contributed by atoms with Crippen molar-refractivity contribution in [3.05, 3.63) is 58.1 Å². The molecule has 0 aliphatic carbocycles. The molecular weight excluding hydrogens is 381 g/mol. The molecule has 1 amide bonds. The lowest BCUT2D eigenvalue weighted by Crippen LogP contribution is -2.30. The summed E-state index contributed by atoms with van der Waals surface area (Å²) in [7, 11) is 1.52. The lowest BCUT2D eigenvalue weighted by atomic mass is 10.1. The Balaban J connectivity index is 2.03. The summed E-state index contributed by atoms with van der Waals surface area (Å²) in [6, 6.07) is 10.1. The van der Waals surface area contributed by atoms with Crippen molar-refractivity contribution >= 4 is 23.0 Å². The Kier molecular flexibility index (Phi) is 6.04. The van der Waals surface area contributed by atoms with Crippen LogP contribution in [0.1, 0.15) is 5.56 Å². The lowest BCUT2D eigenvalue weighted by Gasteiger charge is -2.20. The summed E-state index contributed by atoms with van der Waals surface area (Å²) in [4.78, 5) is 23.7. The van der Waals surface area contributed by atoms with Gasteiger partial charge in [0.05, 0.1) is 22.7 Å². The Bertz CT molecular complexity index is 923. The maximum atomic E-state index is 12.1. The number of benzene rings is 2. The van der Waals surface area contributed by atoms with Crippen LogP contribution in [0, 0.1) is 21.4 Å². The number of nitro benzene ring substituents is 1. The van der Waals surface area contributed by atoms with E-state index >= 15 is 0 Å². The number of hydrogen-bond donors (Lipinski definition) is 1. The van der Waals surface area contributed by atoms with Gasteiger partial charge in [0.25, 0.3) is 5.69 Å². The minimum atomic E-state index is -4.81. The molecule has 0 bridgehead atoms. The first-order valence-corrected chi connectivity index (χ1v) is 7.64. The fourth-order valence-electron chi connectivity index (χ4n) is 2.30. The van der Waals surface area contributed by atoms with Crippen LogP contribution in [0.15, 0.2) is 42.5 Å². The largest absolute Gasteiger partial charge is 0.573 e. The predicted molar refractivity (Wildman–Crippen MR) is 92.8 cm³/mol. The van der Waals surface area contributed by atoms with Gasteiger partial charge in [0.2, 0.25) is 5.91 Å². The molecule has 0 fully saturated rings. The minimum absolute atomic E-state index is 0.0261. The first kappa shape index (κ1) is 20.5. The highest BCUT2D eigenvalue weighted by Crippen LogP contribution is 2.25. The molecule has 146 valence electrons. The number of nitro groups is 1. The molecule has 0 atom stereocenters. The van der Waals surface area contributed by atoms with Crippen LogP contribution in [0.4, 0.5) is 30.2 Å². The molecule has 2 aromatic carbocycles. The van der Waals surface area contributed by atoms with E-state index in [1.165, 1.54) is 36.2 Å². The summed E-state index contributed by atoms with van der Waals surface area (Å²) < 4.78 is 40.1. The van der Waals surface area contributed by atoms with E-state index in [4.69, 9.17) is 5.26 Å². The van der Waals surface area contributed by atoms with E-state index in [1.54, 1.807) is 0 Å². The second-order valence-electron chi connectivity index (χ2n) is 5.55. The SMILES string of the molecule is CN(CC(=O)Nc1ccc(OC(F)(F)F)cc1)c1ccc([N+](=O)[O-])cc1C#N. The second kappa shape index (κ2) is 8.26. The van der Waals surface area contributed by atoms with Crippen molar-refractivity contribution in [2.45, 2.75) is 6.36 Å².